The summed E-state index contributed by atoms with van der Waals surface area (Å²) in [6, 6.07) is 7.24. The first-order chi connectivity index (χ1) is 12.2. The van der Waals surface area contributed by atoms with Crippen LogP contribution in [-0.2, 0) is 9.53 Å². The second-order valence-electron chi connectivity index (χ2n) is 6.33. The summed E-state index contributed by atoms with van der Waals surface area (Å²) in [5.74, 6) is 0.388. The predicted octanol–water partition coefficient (Wildman–Crippen LogP) is 3.05. The Balaban J connectivity index is 1.51. The number of ether oxygens (including phenoxy) is 3. The van der Waals surface area contributed by atoms with Crippen LogP contribution in [-0.4, -0.2) is 31.1 Å². The van der Waals surface area contributed by atoms with Crippen molar-refractivity contribution in [2.75, 3.05) is 13.2 Å². The minimum atomic E-state index is -0.418. The van der Waals surface area contributed by atoms with Crippen molar-refractivity contribution in [2.24, 2.45) is 5.92 Å². The van der Waals surface area contributed by atoms with Gasteiger partial charge in [0.15, 0.2) is 17.3 Å². The number of nitriles is 1. The normalized spacial score (nSPS) is 21.9. The quantitative estimate of drug-likeness (QED) is 0.603. The third-order valence-electron chi connectivity index (χ3n) is 4.57. The van der Waals surface area contributed by atoms with Crippen LogP contribution in [0.25, 0.3) is 0 Å². The van der Waals surface area contributed by atoms with E-state index in [0.29, 0.717) is 30.3 Å². The van der Waals surface area contributed by atoms with Crippen LogP contribution in [0.4, 0.5) is 0 Å². The molecule has 6 heteroatoms. The smallest absolute Gasteiger partial charge is 0.306 e. The molecule has 2 atom stereocenters. The van der Waals surface area contributed by atoms with Crippen molar-refractivity contribution in [1.82, 2.24) is 0 Å². The number of carbonyl (C=O) groups is 2. The van der Waals surface area contributed by atoms with Crippen molar-refractivity contribution in [2.45, 2.75) is 44.6 Å². The zero-order valence-electron chi connectivity index (χ0n) is 14.0. The summed E-state index contributed by atoms with van der Waals surface area (Å²) in [7, 11) is 0. The molecular formula is C19H21NO5. The standard InChI is InChI=1S/C19H21NO5/c20-12-14-3-1-2-4-16(14)25-19(22)8-6-15(21)13-5-7-17-18(11-13)24-10-9-23-17/h5,7,11,14,16H,1-4,6,8-10H2/t14-,16-/m1/s1. The molecule has 0 spiro atoms. The largest absolute Gasteiger partial charge is 0.486 e. The highest BCUT2D eigenvalue weighted by atomic mass is 16.6. The zero-order valence-corrected chi connectivity index (χ0v) is 14.0. The van der Waals surface area contributed by atoms with Gasteiger partial charge >= 0.3 is 5.97 Å². The molecule has 1 aromatic carbocycles. The highest BCUT2D eigenvalue weighted by Gasteiger charge is 2.28. The number of esters is 1. The van der Waals surface area contributed by atoms with Gasteiger partial charge in [-0.25, -0.2) is 0 Å². The monoisotopic (exact) mass is 343 g/mol. The Kier molecular flexibility index (Phi) is 5.54. The van der Waals surface area contributed by atoms with Crippen LogP contribution in [0.5, 0.6) is 11.5 Å². The SMILES string of the molecule is N#C[C@H]1CCCC[C@H]1OC(=O)CCC(=O)c1ccc2c(c1)OCCO2. The third kappa shape index (κ3) is 4.30. The summed E-state index contributed by atoms with van der Waals surface area (Å²) < 4.78 is 16.3. The van der Waals surface area contributed by atoms with Crippen molar-refractivity contribution < 1.29 is 23.8 Å². The molecule has 0 saturated heterocycles. The molecule has 0 unspecified atom stereocenters. The molecule has 0 amide bonds. The Hall–Kier alpha value is -2.55. The molecule has 1 aromatic rings. The Morgan fingerprint density at radius 1 is 1.12 bits per heavy atom. The molecule has 132 valence electrons. The van der Waals surface area contributed by atoms with Crippen LogP contribution in [0.2, 0.25) is 0 Å². The molecule has 1 aliphatic carbocycles. The van der Waals surface area contributed by atoms with Gasteiger partial charge in [0.05, 0.1) is 18.4 Å². The van der Waals surface area contributed by atoms with E-state index >= 15 is 0 Å². The van der Waals surface area contributed by atoms with E-state index < -0.39 is 5.97 Å². The van der Waals surface area contributed by atoms with Gasteiger partial charge in [0.1, 0.15) is 19.3 Å². The minimum absolute atomic E-state index is 0.0158. The number of carbonyl (C=O) groups excluding carboxylic acids is 2. The summed E-state index contributed by atoms with van der Waals surface area (Å²) in [5, 5.41) is 9.12. The fraction of sp³-hybridized carbons (Fsp3) is 0.526. The lowest BCUT2D eigenvalue weighted by Gasteiger charge is -2.26. The van der Waals surface area contributed by atoms with Crippen molar-refractivity contribution in [3.05, 3.63) is 23.8 Å². The fourth-order valence-corrected chi connectivity index (χ4v) is 3.19. The molecule has 0 bridgehead atoms. The zero-order chi connectivity index (χ0) is 17.6. The molecule has 1 saturated carbocycles. The second kappa shape index (κ2) is 8.02. The van der Waals surface area contributed by atoms with Gasteiger partial charge in [-0.15, -0.1) is 0 Å². The number of rotatable bonds is 5. The molecule has 0 aromatic heterocycles. The van der Waals surface area contributed by atoms with E-state index in [1.165, 1.54) is 0 Å². The van der Waals surface area contributed by atoms with Crippen LogP contribution in [0.15, 0.2) is 18.2 Å². The van der Waals surface area contributed by atoms with Gasteiger partial charge in [0.25, 0.3) is 0 Å². The van der Waals surface area contributed by atoms with Gasteiger partial charge in [-0.05, 0) is 37.5 Å². The van der Waals surface area contributed by atoms with Crippen LogP contribution in [0.3, 0.4) is 0 Å². The van der Waals surface area contributed by atoms with Gasteiger partial charge in [-0.3, -0.25) is 9.59 Å². The van der Waals surface area contributed by atoms with Crippen molar-refractivity contribution in [3.8, 4) is 17.6 Å². The van der Waals surface area contributed by atoms with Crippen LogP contribution >= 0.6 is 0 Å². The molecule has 3 rings (SSSR count). The highest BCUT2D eigenvalue weighted by molar-refractivity contribution is 5.98. The van der Waals surface area contributed by atoms with E-state index in [4.69, 9.17) is 19.5 Å². The maximum Gasteiger partial charge on any atom is 0.306 e. The van der Waals surface area contributed by atoms with Gasteiger partial charge in [0, 0.05) is 12.0 Å². The molecule has 2 aliphatic rings. The average molecular weight is 343 g/mol. The van der Waals surface area contributed by atoms with Crippen molar-refractivity contribution in [1.29, 1.82) is 5.26 Å². The van der Waals surface area contributed by atoms with Gasteiger partial charge in [-0.1, -0.05) is 6.42 Å². The molecule has 1 heterocycles. The maximum absolute atomic E-state index is 12.3. The number of ketones is 1. The van der Waals surface area contributed by atoms with E-state index in [2.05, 4.69) is 6.07 Å². The number of hydrogen-bond donors (Lipinski definition) is 0. The van der Waals surface area contributed by atoms with E-state index in [1.54, 1.807) is 18.2 Å². The molecular weight excluding hydrogens is 322 g/mol. The molecule has 1 fully saturated rings. The first-order valence-corrected chi connectivity index (χ1v) is 8.69. The molecule has 0 N–H and O–H groups in total. The van der Waals surface area contributed by atoms with Crippen molar-refractivity contribution in [3.63, 3.8) is 0 Å². The number of benzene rings is 1. The van der Waals surface area contributed by atoms with E-state index in [-0.39, 0.29) is 30.6 Å². The number of hydrogen-bond acceptors (Lipinski definition) is 6. The van der Waals surface area contributed by atoms with Crippen molar-refractivity contribution >= 4 is 11.8 Å². The van der Waals surface area contributed by atoms with Crippen LogP contribution < -0.4 is 9.47 Å². The molecule has 1 aliphatic heterocycles. The number of fused-ring (bicyclic) bond motifs is 1. The fourth-order valence-electron chi connectivity index (χ4n) is 3.19. The third-order valence-corrected chi connectivity index (χ3v) is 4.57. The Bertz CT molecular complexity index is 694. The van der Waals surface area contributed by atoms with E-state index in [0.717, 1.165) is 25.7 Å². The number of Topliss-reactive ketones (excluding diaryl/α,β-unsaturated/α-hetero) is 1. The van der Waals surface area contributed by atoms with E-state index in [9.17, 15) is 9.59 Å². The lowest BCUT2D eigenvalue weighted by Crippen LogP contribution is -2.29. The summed E-state index contributed by atoms with van der Waals surface area (Å²) in [5.41, 5.74) is 0.490. The summed E-state index contributed by atoms with van der Waals surface area (Å²) >= 11 is 0. The van der Waals surface area contributed by atoms with Gasteiger partial charge < -0.3 is 14.2 Å². The van der Waals surface area contributed by atoms with Crippen LogP contribution in [0.1, 0.15) is 48.9 Å². The molecule has 0 radical (unpaired) electrons. The van der Waals surface area contributed by atoms with E-state index in [1.807, 2.05) is 0 Å². The lowest BCUT2D eigenvalue weighted by molar-refractivity contribution is -0.152. The molecule has 6 nitrogen and oxygen atoms in total. The Labute approximate surface area is 146 Å². The topological polar surface area (TPSA) is 85.6 Å². The van der Waals surface area contributed by atoms with Gasteiger partial charge in [-0.2, -0.15) is 5.26 Å². The Morgan fingerprint density at radius 2 is 1.88 bits per heavy atom. The minimum Gasteiger partial charge on any atom is -0.486 e. The number of nitrogens with zero attached hydrogens (tertiary/aromatic N) is 1. The summed E-state index contributed by atoms with van der Waals surface area (Å²) in [6.45, 7) is 0.954. The van der Waals surface area contributed by atoms with Gasteiger partial charge in [0.2, 0.25) is 0 Å². The Morgan fingerprint density at radius 3 is 2.68 bits per heavy atom. The first-order valence-electron chi connectivity index (χ1n) is 8.69. The second-order valence-corrected chi connectivity index (χ2v) is 6.33. The van der Waals surface area contributed by atoms with Crippen LogP contribution in [0, 0.1) is 17.2 Å². The first kappa shape index (κ1) is 17.3. The predicted molar refractivity (Wildman–Crippen MR) is 88.4 cm³/mol. The average Bonchev–Trinajstić information content (AvgIpc) is 2.66. The maximum atomic E-state index is 12.3. The lowest BCUT2D eigenvalue weighted by atomic mass is 9.87. The summed E-state index contributed by atoms with van der Waals surface area (Å²) in [6.07, 6.45) is 3.20. The summed E-state index contributed by atoms with van der Waals surface area (Å²) in [4.78, 5) is 24.3. The molecule has 25 heavy (non-hydrogen) atoms. The highest BCUT2D eigenvalue weighted by Crippen LogP contribution is 2.31.